The van der Waals surface area contributed by atoms with Gasteiger partial charge in [0, 0.05) is 18.7 Å². The number of benzene rings is 2. The lowest BCUT2D eigenvalue weighted by Gasteiger charge is -2.31. The topological polar surface area (TPSA) is 21.7 Å². The summed E-state index contributed by atoms with van der Waals surface area (Å²) >= 11 is 0. The zero-order valence-electron chi connectivity index (χ0n) is 13.4. The van der Waals surface area contributed by atoms with E-state index < -0.39 is 0 Å². The maximum atomic E-state index is 5.48. The second-order valence-electron chi connectivity index (χ2n) is 5.46. The molecule has 1 saturated heterocycles. The van der Waals surface area contributed by atoms with Gasteiger partial charge < -0.3 is 9.47 Å². The first-order chi connectivity index (χ1) is 11.4. The highest BCUT2D eigenvalue weighted by Crippen LogP contribution is 2.24. The fourth-order valence-corrected chi connectivity index (χ4v) is 2.71. The highest BCUT2D eigenvalue weighted by Gasteiger charge is 2.21. The van der Waals surface area contributed by atoms with Gasteiger partial charge >= 0.3 is 0 Å². The molecule has 1 atom stereocenters. The number of methoxy groups -OCH3 is 1. The normalized spacial score (nSPS) is 16.2. The van der Waals surface area contributed by atoms with E-state index >= 15 is 0 Å². The highest BCUT2D eigenvalue weighted by molar-refractivity contribution is 5.39. The summed E-state index contributed by atoms with van der Waals surface area (Å²) in [6, 6.07) is 18.3. The van der Waals surface area contributed by atoms with Crippen LogP contribution in [-0.2, 0) is 4.74 Å². The first kappa shape index (κ1) is 15.6. The Balaban J connectivity index is 1.91. The fraction of sp³-hybridized carbons (Fsp3) is 0.300. The van der Waals surface area contributed by atoms with Crippen LogP contribution in [0.15, 0.2) is 54.6 Å². The van der Waals surface area contributed by atoms with Crippen molar-refractivity contribution in [1.82, 2.24) is 4.90 Å². The Morgan fingerprint density at radius 1 is 1.04 bits per heavy atom. The van der Waals surface area contributed by atoms with Crippen LogP contribution in [0.25, 0.3) is 0 Å². The SMILES string of the molecule is COc1cccc(C(C#Cc2ccccc2)N2CCOCC2)c1. The quantitative estimate of drug-likeness (QED) is 0.813. The minimum atomic E-state index is 0.0502. The van der Waals surface area contributed by atoms with Crippen LogP contribution < -0.4 is 4.74 Å². The third-order valence-corrected chi connectivity index (χ3v) is 3.95. The van der Waals surface area contributed by atoms with Crippen LogP contribution in [0.5, 0.6) is 5.75 Å². The fourth-order valence-electron chi connectivity index (χ4n) is 2.71. The number of morpholine rings is 1. The van der Waals surface area contributed by atoms with Crippen LogP contribution in [0.3, 0.4) is 0 Å². The van der Waals surface area contributed by atoms with Crippen molar-refractivity contribution in [1.29, 1.82) is 0 Å². The molecule has 0 aliphatic carbocycles. The summed E-state index contributed by atoms with van der Waals surface area (Å²) in [6.07, 6.45) is 0. The number of nitrogens with zero attached hydrogens (tertiary/aromatic N) is 1. The van der Waals surface area contributed by atoms with Crippen LogP contribution in [0.1, 0.15) is 17.2 Å². The molecule has 0 spiro atoms. The van der Waals surface area contributed by atoms with Crippen molar-refractivity contribution in [2.75, 3.05) is 33.4 Å². The third-order valence-electron chi connectivity index (χ3n) is 3.95. The molecule has 3 nitrogen and oxygen atoms in total. The molecule has 0 saturated carbocycles. The molecule has 23 heavy (non-hydrogen) atoms. The minimum absolute atomic E-state index is 0.0502. The van der Waals surface area contributed by atoms with Gasteiger partial charge in [-0.25, -0.2) is 0 Å². The molecular formula is C20H21NO2. The van der Waals surface area contributed by atoms with Crippen LogP contribution in [0.4, 0.5) is 0 Å². The Morgan fingerprint density at radius 3 is 2.57 bits per heavy atom. The van der Waals surface area contributed by atoms with Crippen molar-refractivity contribution in [3.63, 3.8) is 0 Å². The average Bonchev–Trinajstić information content (AvgIpc) is 2.64. The molecule has 0 radical (unpaired) electrons. The van der Waals surface area contributed by atoms with Gasteiger partial charge in [-0.1, -0.05) is 42.2 Å². The molecule has 0 N–H and O–H groups in total. The molecule has 3 heteroatoms. The van der Waals surface area contributed by atoms with Crippen LogP contribution in [0, 0.1) is 11.8 Å². The number of ether oxygens (including phenoxy) is 2. The number of hydrogen-bond donors (Lipinski definition) is 0. The van der Waals surface area contributed by atoms with Gasteiger partial charge in [-0.05, 0) is 29.8 Å². The predicted octanol–water partition coefficient (Wildman–Crippen LogP) is 3.12. The van der Waals surface area contributed by atoms with Crippen LogP contribution >= 0.6 is 0 Å². The largest absolute Gasteiger partial charge is 0.497 e. The maximum Gasteiger partial charge on any atom is 0.119 e. The molecular weight excluding hydrogens is 286 g/mol. The molecule has 1 heterocycles. The molecule has 1 unspecified atom stereocenters. The highest BCUT2D eigenvalue weighted by atomic mass is 16.5. The van der Waals surface area contributed by atoms with E-state index in [9.17, 15) is 0 Å². The molecule has 0 amide bonds. The van der Waals surface area contributed by atoms with Crippen molar-refractivity contribution in [3.05, 3.63) is 65.7 Å². The first-order valence-electron chi connectivity index (χ1n) is 7.89. The van der Waals surface area contributed by atoms with Crippen molar-refractivity contribution in [3.8, 4) is 17.6 Å². The van der Waals surface area contributed by atoms with Crippen molar-refractivity contribution in [2.45, 2.75) is 6.04 Å². The summed E-state index contributed by atoms with van der Waals surface area (Å²) in [7, 11) is 1.69. The Kier molecular flexibility index (Phi) is 5.31. The summed E-state index contributed by atoms with van der Waals surface area (Å²) in [5, 5.41) is 0. The Hall–Kier alpha value is -2.28. The Morgan fingerprint density at radius 2 is 1.83 bits per heavy atom. The third kappa shape index (κ3) is 4.13. The number of hydrogen-bond acceptors (Lipinski definition) is 3. The zero-order valence-corrected chi connectivity index (χ0v) is 13.4. The summed E-state index contributed by atoms with van der Waals surface area (Å²) in [5.74, 6) is 7.61. The molecule has 2 aromatic rings. The van der Waals surface area contributed by atoms with E-state index in [4.69, 9.17) is 9.47 Å². The monoisotopic (exact) mass is 307 g/mol. The summed E-state index contributed by atoms with van der Waals surface area (Å²) in [6.45, 7) is 3.30. The number of rotatable bonds is 3. The van der Waals surface area contributed by atoms with E-state index in [2.05, 4.69) is 28.9 Å². The van der Waals surface area contributed by atoms with Gasteiger partial charge in [0.05, 0.1) is 26.4 Å². The van der Waals surface area contributed by atoms with E-state index in [0.717, 1.165) is 43.2 Å². The van der Waals surface area contributed by atoms with Crippen molar-refractivity contribution >= 4 is 0 Å². The van der Waals surface area contributed by atoms with Gasteiger partial charge in [0.1, 0.15) is 5.75 Å². The molecule has 1 fully saturated rings. The lowest BCUT2D eigenvalue weighted by molar-refractivity contribution is 0.0269. The zero-order chi connectivity index (χ0) is 15.9. The van der Waals surface area contributed by atoms with E-state index in [-0.39, 0.29) is 6.04 Å². The Bertz CT molecular complexity index is 682. The molecule has 1 aliphatic heterocycles. The van der Waals surface area contributed by atoms with E-state index in [1.54, 1.807) is 7.11 Å². The van der Waals surface area contributed by atoms with E-state index in [1.165, 1.54) is 0 Å². The summed E-state index contributed by atoms with van der Waals surface area (Å²) in [4.78, 5) is 2.37. The second kappa shape index (κ2) is 7.82. The lowest BCUT2D eigenvalue weighted by Crippen LogP contribution is -2.38. The molecule has 0 bridgehead atoms. The average molecular weight is 307 g/mol. The molecule has 0 aromatic heterocycles. The summed E-state index contributed by atoms with van der Waals surface area (Å²) < 4.78 is 10.8. The molecule has 118 valence electrons. The first-order valence-corrected chi connectivity index (χ1v) is 7.89. The van der Waals surface area contributed by atoms with E-state index in [1.807, 2.05) is 42.5 Å². The van der Waals surface area contributed by atoms with E-state index in [0.29, 0.717) is 0 Å². The standard InChI is InChI=1S/C20H21NO2/c1-22-19-9-5-8-18(16-19)20(21-12-14-23-15-13-21)11-10-17-6-3-2-4-7-17/h2-9,16,20H,12-15H2,1H3. The van der Waals surface area contributed by atoms with Crippen LogP contribution in [-0.4, -0.2) is 38.3 Å². The summed E-state index contributed by atoms with van der Waals surface area (Å²) in [5.41, 5.74) is 2.20. The molecule has 3 rings (SSSR count). The van der Waals surface area contributed by atoms with Gasteiger partial charge in [-0.15, -0.1) is 0 Å². The molecule has 1 aliphatic rings. The van der Waals surface area contributed by atoms with Crippen LogP contribution in [0.2, 0.25) is 0 Å². The van der Waals surface area contributed by atoms with Gasteiger partial charge in [0.15, 0.2) is 0 Å². The predicted molar refractivity (Wildman–Crippen MR) is 91.4 cm³/mol. The van der Waals surface area contributed by atoms with Gasteiger partial charge in [-0.2, -0.15) is 0 Å². The van der Waals surface area contributed by atoms with Crippen molar-refractivity contribution in [2.24, 2.45) is 0 Å². The Labute approximate surface area is 137 Å². The minimum Gasteiger partial charge on any atom is -0.497 e. The van der Waals surface area contributed by atoms with Gasteiger partial charge in [-0.3, -0.25) is 4.90 Å². The van der Waals surface area contributed by atoms with Gasteiger partial charge in [0.2, 0.25) is 0 Å². The van der Waals surface area contributed by atoms with Gasteiger partial charge in [0.25, 0.3) is 0 Å². The smallest absolute Gasteiger partial charge is 0.119 e. The maximum absolute atomic E-state index is 5.48. The lowest BCUT2D eigenvalue weighted by atomic mass is 10.0. The van der Waals surface area contributed by atoms with Crippen molar-refractivity contribution < 1.29 is 9.47 Å². The second-order valence-corrected chi connectivity index (χ2v) is 5.46. The molecule has 2 aromatic carbocycles.